The van der Waals surface area contributed by atoms with Crippen LogP contribution in [0.1, 0.15) is 25.1 Å². The number of anilines is 2. The Kier molecular flexibility index (Phi) is 5.14. The number of aromatic nitrogens is 3. The molecule has 9 heteroatoms. The fourth-order valence-electron chi connectivity index (χ4n) is 3.68. The molecule has 0 unspecified atom stereocenters. The van der Waals surface area contributed by atoms with Crippen LogP contribution in [0.4, 0.5) is 11.4 Å². The fourth-order valence-corrected chi connectivity index (χ4v) is 3.68. The Morgan fingerprint density at radius 1 is 1.11 bits per heavy atom. The molecule has 28 heavy (non-hydrogen) atoms. The number of nitrogens with zero attached hydrogens (tertiary/aromatic N) is 4. The lowest BCUT2D eigenvalue weighted by molar-refractivity contribution is -0.120. The van der Waals surface area contributed by atoms with Crippen molar-refractivity contribution in [2.24, 2.45) is 0 Å². The molecule has 1 fully saturated rings. The van der Waals surface area contributed by atoms with Gasteiger partial charge in [-0.25, -0.2) is 9.48 Å². The van der Waals surface area contributed by atoms with Gasteiger partial charge in [-0.05, 0) is 37.1 Å². The number of hydrogen-bond acceptors (Lipinski definition) is 5. The van der Waals surface area contributed by atoms with E-state index in [0.29, 0.717) is 25.3 Å². The quantitative estimate of drug-likeness (QED) is 0.792. The molecule has 1 saturated heterocycles. The van der Waals surface area contributed by atoms with E-state index in [1.165, 1.54) is 4.68 Å². The molecule has 2 aromatic rings. The molecule has 2 aliphatic heterocycles. The minimum Gasteiger partial charge on any atom is -0.360 e. The van der Waals surface area contributed by atoms with Gasteiger partial charge in [0.2, 0.25) is 11.8 Å². The Labute approximate surface area is 162 Å². The van der Waals surface area contributed by atoms with E-state index in [1.807, 2.05) is 17.0 Å². The van der Waals surface area contributed by atoms with Crippen LogP contribution in [0.2, 0.25) is 0 Å². The molecule has 2 aliphatic rings. The van der Waals surface area contributed by atoms with Gasteiger partial charge in [0.15, 0.2) is 0 Å². The molecule has 1 aromatic heterocycles. The van der Waals surface area contributed by atoms with Crippen molar-refractivity contribution in [1.29, 1.82) is 0 Å². The van der Waals surface area contributed by atoms with Gasteiger partial charge in [0.1, 0.15) is 12.4 Å². The topological polar surface area (TPSA) is 101 Å². The van der Waals surface area contributed by atoms with E-state index < -0.39 is 0 Å². The van der Waals surface area contributed by atoms with Crippen molar-refractivity contribution in [2.75, 3.05) is 29.9 Å². The molecule has 148 valence electrons. The number of piperazine rings is 1. The Hall–Kier alpha value is -3.10. The summed E-state index contributed by atoms with van der Waals surface area (Å²) in [5.74, 6) is 0.484. The molecular formula is C19H24N6O3. The van der Waals surface area contributed by atoms with Gasteiger partial charge in [-0.3, -0.25) is 14.2 Å². The van der Waals surface area contributed by atoms with Gasteiger partial charge in [0.25, 0.3) is 0 Å². The van der Waals surface area contributed by atoms with Crippen molar-refractivity contribution < 1.29 is 9.59 Å². The molecule has 1 aromatic carbocycles. The lowest BCUT2D eigenvalue weighted by atomic mass is 10.2. The van der Waals surface area contributed by atoms with Crippen LogP contribution in [-0.2, 0) is 29.1 Å². The molecule has 0 bridgehead atoms. The van der Waals surface area contributed by atoms with Crippen molar-refractivity contribution in [2.45, 2.75) is 38.8 Å². The normalized spacial score (nSPS) is 16.9. The number of benzene rings is 1. The van der Waals surface area contributed by atoms with Crippen molar-refractivity contribution in [3.63, 3.8) is 0 Å². The van der Waals surface area contributed by atoms with Crippen LogP contribution in [0.3, 0.4) is 0 Å². The van der Waals surface area contributed by atoms with E-state index in [9.17, 15) is 14.4 Å². The lowest BCUT2D eigenvalue weighted by Gasteiger charge is -2.28. The van der Waals surface area contributed by atoms with Gasteiger partial charge >= 0.3 is 5.69 Å². The first-order chi connectivity index (χ1) is 13.6. The van der Waals surface area contributed by atoms with Crippen molar-refractivity contribution >= 4 is 23.2 Å². The maximum atomic E-state index is 12.4. The van der Waals surface area contributed by atoms with Gasteiger partial charge in [0.05, 0.1) is 6.54 Å². The third kappa shape index (κ3) is 3.92. The molecule has 0 saturated carbocycles. The Morgan fingerprint density at radius 2 is 1.93 bits per heavy atom. The summed E-state index contributed by atoms with van der Waals surface area (Å²) in [6, 6.07) is 7.34. The summed E-state index contributed by atoms with van der Waals surface area (Å²) in [4.78, 5) is 38.3. The van der Waals surface area contributed by atoms with Crippen molar-refractivity contribution in [1.82, 2.24) is 19.7 Å². The molecule has 0 radical (unpaired) electrons. The van der Waals surface area contributed by atoms with Crippen LogP contribution < -0.4 is 21.2 Å². The Bertz CT molecular complexity index is 930. The zero-order chi connectivity index (χ0) is 19.5. The summed E-state index contributed by atoms with van der Waals surface area (Å²) in [7, 11) is 0. The maximum absolute atomic E-state index is 12.4. The van der Waals surface area contributed by atoms with Crippen molar-refractivity contribution in [3.05, 3.63) is 40.6 Å². The SMILES string of the molecule is O=C1CN(c2ccc(NC(=O)Cn3nc4n(c3=O)CCCCC4)cc2)CCN1. The third-order valence-electron chi connectivity index (χ3n) is 5.13. The third-order valence-corrected chi connectivity index (χ3v) is 5.13. The van der Waals surface area contributed by atoms with Crippen LogP contribution in [0.15, 0.2) is 29.1 Å². The second kappa shape index (κ2) is 7.87. The molecule has 2 amide bonds. The number of hydrogen-bond donors (Lipinski definition) is 2. The van der Waals surface area contributed by atoms with E-state index >= 15 is 0 Å². The number of carbonyl (C=O) groups is 2. The van der Waals surface area contributed by atoms with Gasteiger partial charge in [-0.15, -0.1) is 0 Å². The second-order valence-corrected chi connectivity index (χ2v) is 7.19. The van der Waals surface area contributed by atoms with Crippen LogP contribution in [0.5, 0.6) is 0 Å². The first-order valence-corrected chi connectivity index (χ1v) is 9.68. The minimum atomic E-state index is -0.291. The van der Waals surface area contributed by atoms with E-state index in [2.05, 4.69) is 15.7 Å². The Balaban J connectivity index is 1.39. The molecular weight excluding hydrogens is 360 g/mol. The van der Waals surface area contributed by atoms with Gasteiger partial charge in [-0.2, -0.15) is 5.10 Å². The molecule has 0 atom stereocenters. The van der Waals surface area contributed by atoms with E-state index in [0.717, 1.165) is 43.7 Å². The molecule has 4 rings (SSSR count). The van der Waals surface area contributed by atoms with Crippen molar-refractivity contribution in [3.8, 4) is 0 Å². The van der Waals surface area contributed by atoms with Crippen LogP contribution in [-0.4, -0.2) is 45.8 Å². The smallest absolute Gasteiger partial charge is 0.346 e. The first kappa shape index (κ1) is 18.3. The highest BCUT2D eigenvalue weighted by molar-refractivity contribution is 5.90. The highest BCUT2D eigenvalue weighted by Gasteiger charge is 2.18. The summed E-state index contributed by atoms with van der Waals surface area (Å²) in [5, 5.41) is 9.93. The predicted molar refractivity (Wildman–Crippen MR) is 104 cm³/mol. The highest BCUT2D eigenvalue weighted by atomic mass is 16.2. The number of aryl methyl sites for hydroxylation is 1. The van der Waals surface area contributed by atoms with Gasteiger partial charge in [0, 0.05) is 37.4 Å². The molecule has 3 heterocycles. The number of nitrogens with one attached hydrogen (secondary N) is 2. The summed E-state index contributed by atoms with van der Waals surface area (Å²) >= 11 is 0. The summed E-state index contributed by atoms with van der Waals surface area (Å²) in [5.41, 5.74) is 1.36. The van der Waals surface area contributed by atoms with Crippen LogP contribution in [0, 0.1) is 0 Å². The number of amides is 2. The standard InChI is InChI=1S/C19H24N6O3/c26-17-12-23(11-9-20-17)15-7-5-14(6-8-15)21-18(27)13-25-19(28)24-10-3-1-2-4-16(24)22-25/h5-8H,1-4,9-13H2,(H,20,26)(H,21,27). The summed E-state index contributed by atoms with van der Waals surface area (Å²) in [6.45, 7) is 2.28. The van der Waals surface area contributed by atoms with Crippen LogP contribution in [0.25, 0.3) is 0 Å². The average Bonchev–Trinajstić information content (AvgIpc) is 2.85. The number of fused-ring (bicyclic) bond motifs is 1. The zero-order valence-electron chi connectivity index (χ0n) is 15.7. The highest BCUT2D eigenvalue weighted by Crippen LogP contribution is 2.18. The zero-order valence-corrected chi connectivity index (χ0v) is 15.7. The molecule has 2 N–H and O–H groups in total. The molecule has 9 nitrogen and oxygen atoms in total. The minimum absolute atomic E-state index is 0.00698. The van der Waals surface area contributed by atoms with E-state index in [4.69, 9.17) is 0 Å². The van der Waals surface area contributed by atoms with Crippen LogP contribution >= 0.6 is 0 Å². The van der Waals surface area contributed by atoms with Gasteiger partial charge in [-0.1, -0.05) is 6.42 Å². The molecule has 0 aliphatic carbocycles. The summed E-state index contributed by atoms with van der Waals surface area (Å²) < 4.78 is 2.93. The monoisotopic (exact) mass is 384 g/mol. The fraction of sp³-hybridized carbons (Fsp3) is 0.474. The largest absolute Gasteiger partial charge is 0.360 e. The average molecular weight is 384 g/mol. The lowest BCUT2D eigenvalue weighted by Crippen LogP contribution is -2.47. The first-order valence-electron chi connectivity index (χ1n) is 9.68. The molecule has 0 spiro atoms. The number of rotatable bonds is 4. The maximum Gasteiger partial charge on any atom is 0.346 e. The second-order valence-electron chi connectivity index (χ2n) is 7.19. The van der Waals surface area contributed by atoms with Gasteiger partial charge < -0.3 is 15.5 Å². The Morgan fingerprint density at radius 3 is 2.71 bits per heavy atom. The van der Waals surface area contributed by atoms with E-state index in [-0.39, 0.29) is 24.0 Å². The predicted octanol–water partition coefficient (Wildman–Crippen LogP) is 0.346. The number of carbonyl (C=O) groups excluding carboxylic acids is 2. The van der Waals surface area contributed by atoms with E-state index in [1.54, 1.807) is 16.7 Å². The summed E-state index contributed by atoms with van der Waals surface area (Å²) in [6.07, 6.45) is 3.87.